The van der Waals surface area contributed by atoms with Crippen molar-refractivity contribution in [2.24, 2.45) is 5.92 Å². The number of aryl methyl sites for hydroxylation is 2. The van der Waals surface area contributed by atoms with Gasteiger partial charge >= 0.3 is 6.03 Å². The number of nitrogens with one attached hydrogen (secondary N) is 2. The molecule has 4 rings (SSSR count). The molecule has 2 heterocycles. The van der Waals surface area contributed by atoms with E-state index in [0.717, 1.165) is 24.3 Å². The molecule has 2 aromatic carbocycles. The van der Waals surface area contributed by atoms with Crippen LogP contribution in [0.2, 0.25) is 0 Å². The van der Waals surface area contributed by atoms with Crippen LogP contribution in [0.3, 0.4) is 0 Å². The number of urea groups is 1. The highest BCUT2D eigenvalue weighted by Crippen LogP contribution is 2.30. The van der Waals surface area contributed by atoms with Crippen LogP contribution < -0.4 is 14.8 Å². The number of ether oxygens (including phenoxy) is 1. The number of carbonyl (C=O) groups is 2. The molecule has 1 aromatic heterocycles. The quantitative estimate of drug-likeness (QED) is 0.347. The Bertz CT molecular complexity index is 1560. The molecule has 0 bridgehead atoms. The van der Waals surface area contributed by atoms with Crippen LogP contribution in [0.1, 0.15) is 30.9 Å². The number of halogens is 1. The summed E-state index contributed by atoms with van der Waals surface area (Å²) in [6, 6.07) is 8.10. The van der Waals surface area contributed by atoms with Gasteiger partial charge in [-0.15, -0.1) is 0 Å². The van der Waals surface area contributed by atoms with Crippen molar-refractivity contribution in [3.63, 3.8) is 0 Å². The fourth-order valence-electron chi connectivity index (χ4n) is 4.76. The molecule has 0 aliphatic carbocycles. The summed E-state index contributed by atoms with van der Waals surface area (Å²) in [4.78, 5) is 29.4. The minimum atomic E-state index is -4.04. The van der Waals surface area contributed by atoms with Gasteiger partial charge in [-0.25, -0.2) is 17.6 Å². The summed E-state index contributed by atoms with van der Waals surface area (Å²) >= 11 is 0. The first-order chi connectivity index (χ1) is 20.3. The van der Waals surface area contributed by atoms with Gasteiger partial charge in [0.1, 0.15) is 29.1 Å². The molecule has 43 heavy (non-hydrogen) atoms. The number of rotatable bonds is 8. The maximum Gasteiger partial charge on any atom is 0.321 e. The van der Waals surface area contributed by atoms with Gasteiger partial charge in [0, 0.05) is 30.8 Å². The van der Waals surface area contributed by atoms with E-state index in [1.54, 1.807) is 38.8 Å². The van der Waals surface area contributed by atoms with E-state index in [1.807, 2.05) is 6.92 Å². The van der Waals surface area contributed by atoms with Crippen molar-refractivity contribution in [2.75, 3.05) is 36.8 Å². The normalized spacial score (nSPS) is 18.0. The number of fused-ring (bicyclic) bond motifs is 1. The second-order valence-corrected chi connectivity index (χ2v) is 12.5. The van der Waals surface area contributed by atoms with Gasteiger partial charge in [0.05, 0.1) is 30.5 Å². The van der Waals surface area contributed by atoms with E-state index in [1.165, 1.54) is 17.0 Å². The van der Waals surface area contributed by atoms with E-state index < -0.39 is 34.0 Å². The number of sulfonamides is 1. The minimum Gasteiger partial charge on any atom is -0.488 e. The fraction of sp³-hybridized carbons (Fsp3) is 0.414. The number of anilines is 2. The van der Waals surface area contributed by atoms with Gasteiger partial charge in [-0.05, 0) is 63.2 Å². The molecule has 0 spiro atoms. The standard InChI is InChI=1S/C29H36FN5O7S/c1-17-14-35(18(2)16-36)27(37)13-21-12-23(33-43(39,40)24-9-6-22(30)7-10-24)8-11-25(21)41-26(17)15-34(5)29(38)31-28-19(3)32-42-20(28)4/h6-12,17-18,26,33,36H,13-16H2,1-5H3,(H,31,38)/t17-,18+,26-/m0/s1. The summed E-state index contributed by atoms with van der Waals surface area (Å²) in [5, 5.41) is 16.5. The number of aliphatic hydroxyl groups excluding tert-OH is 1. The Balaban J connectivity index is 1.62. The molecule has 3 amide bonds. The van der Waals surface area contributed by atoms with Crippen LogP contribution in [0, 0.1) is 25.6 Å². The molecule has 1 aliphatic heterocycles. The van der Waals surface area contributed by atoms with E-state index in [0.29, 0.717) is 28.5 Å². The topological polar surface area (TPSA) is 154 Å². The van der Waals surface area contributed by atoms with Crippen LogP contribution in [0.5, 0.6) is 5.75 Å². The zero-order valence-corrected chi connectivity index (χ0v) is 25.4. The maximum atomic E-state index is 13.5. The van der Waals surface area contributed by atoms with Crippen LogP contribution in [-0.2, 0) is 21.2 Å². The van der Waals surface area contributed by atoms with Gasteiger partial charge in [-0.2, -0.15) is 0 Å². The third-order valence-electron chi connectivity index (χ3n) is 7.36. The average molecular weight is 618 g/mol. The lowest BCUT2D eigenvalue weighted by Gasteiger charge is -2.34. The molecule has 0 saturated heterocycles. The summed E-state index contributed by atoms with van der Waals surface area (Å²) in [5.74, 6) is -0.285. The zero-order chi connectivity index (χ0) is 31.5. The Morgan fingerprint density at radius 3 is 2.56 bits per heavy atom. The highest BCUT2D eigenvalue weighted by molar-refractivity contribution is 7.92. The van der Waals surface area contributed by atoms with E-state index >= 15 is 0 Å². The minimum absolute atomic E-state index is 0.117. The zero-order valence-electron chi connectivity index (χ0n) is 24.6. The molecule has 1 aliphatic rings. The van der Waals surface area contributed by atoms with Gasteiger partial charge in [-0.1, -0.05) is 12.1 Å². The molecule has 3 aromatic rings. The molecule has 0 fully saturated rings. The summed E-state index contributed by atoms with van der Waals surface area (Å²) < 4.78 is 53.2. The predicted octanol–water partition coefficient (Wildman–Crippen LogP) is 3.54. The second-order valence-electron chi connectivity index (χ2n) is 10.8. The Morgan fingerprint density at radius 1 is 1.23 bits per heavy atom. The van der Waals surface area contributed by atoms with Crippen molar-refractivity contribution in [3.8, 4) is 5.75 Å². The fourth-order valence-corrected chi connectivity index (χ4v) is 5.80. The lowest BCUT2D eigenvalue weighted by atomic mass is 10.0. The molecule has 12 nitrogen and oxygen atoms in total. The highest BCUT2D eigenvalue weighted by atomic mass is 32.2. The molecule has 0 unspecified atom stereocenters. The van der Waals surface area contributed by atoms with E-state index in [-0.39, 0.29) is 48.5 Å². The Labute approximate surface area is 249 Å². The van der Waals surface area contributed by atoms with Gasteiger partial charge < -0.3 is 29.5 Å². The number of aromatic nitrogens is 1. The number of likely N-dealkylation sites (N-methyl/N-ethyl adjacent to an activating group) is 1. The first-order valence-corrected chi connectivity index (χ1v) is 15.2. The molecular weight excluding hydrogens is 581 g/mol. The first kappa shape index (κ1) is 31.8. The highest BCUT2D eigenvalue weighted by Gasteiger charge is 2.32. The van der Waals surface area contributed by atoms with Crippen LogP contribution in [0.4, 0.5) is 20.6 Å². The van der Waals surface area contributed by atoms with E-state index in [9.17, 15) is 27.5 Å². The van der Waals surface area contributed by atoms with Crippen LogP contribution in [-0.4, -0.2) is 79.3 Å². The monoisotopic (exact) mass is 617 g/mol. The van der Waals surface area contributed by atoms with Crippen LogP contribution >= 0.6 is 0 Å². The summed E-state index contributed by atoms with van der Waals surface area (Å²) in [6.07, 6.45) is -0.701. The smallest absolute Gasteiger partial charge is 0.321 e. The van der Waals surface area contributed by atoms with Crippen LogP contribution in [0.25, 0.3) is 0 Å². The van der Waals surface area contributed by atoms with Gasteiger partial charge in [-0.3, -0.25) is 9.52 Å². The van der Waals surface area contributed by atoms with Crippen molar-refractivity contribution in [2.45, 2.75) is 51.2 Å². The van der Waals surface area contributed by atoms with Crippen molar-refractivity contribution in [1.29, 1.82) is 0 Å². The van der Waals surface area contributed by atoms with Crippen molar-refractivity contribution < 1.29 is 36.8 Å². The third-order valence-corrected chi connectivity index (χ3v) is 8.76. The number of hydrogen-bond acceptors (Lipinski definition) is 8. The van der Waals surface area contributed by atoms with Crippen molar-refractivity contribution in [1.82, 2.24) is 15.0 Å². The third kappa shape index (κ3) is 7.43. The number of nitrogens with zero attached hydrogens (tertiary/aromatic N) is 3. The summed E-state index contributed by atoms with van der Waals surface area (Å²) in [5.41, 5.74) is 1.62. The molecule has 0 saturated carbocycles. The number of hydrogen-bond donors (Lipinski definition) is 3. The number of benzene rings is 2. The maximum absolute atomic E-state index is 13.5. The van der Waals surface area contributed by atoms with Crippen molar-refractivity contribution in [3.05, 3.63) is 65.3 Å². The Kier molecular flexibility index (Phi) is 9.60. The largest absolute Gasteiger partial charge is 0.488 e. The first-order valence-electron chi connectivity index (χ1n) is 13.7. The number of amides is 3. The Hall–Kier alpha value is -4.17. The van der Waals surface area contributed by atoms with Gasteiger partial charge in [0.25, 0.3) is 10.0 Å². The lowest BCUT2D eigenvalue weighted by molar-refractivity contribution is -0.134. The molecule has 232 valence electrons. The SMILES string of the molecule is Cc1noc(C)c1NC(=O)N(C)C[C@@H]1Oc2ccc(NS(=O)(=O)c3ccc(F)cc3)cc2CC(=O)N([C@H](C)CO)C[C@@H]1C. The van der Waals surface area contributed by atoms with Gasteiger partial charge in [0.2, 0.25) is 5.91 Å². The number of aliphatic hydroxyl groups is 1. The predicted molar refractivity (Wildman–Crippen MR) is 157 cm³/mol. The average Bonchev–Trinajstić information content (AvgIpc) is 3.29. The molecule has 0 radical (unpaired) electrons. The van der Waals surface area contributed by atoms with E-state index in [4.69, 9.17) is 9.26 Å². The second kappa shape index (κ2) is 13.0. The summed E-state index contributed by atoms with van der Waals surface area (Å²) in [6.45, 7) is 7.18. The van der Waals surface area contributed by atoms with Crippen molar-refractivity contribution >= 4 is 33.3 Å². The van der Waals surface area contributed by atoms with E-state index in [2.05, 4.69) is 15.2 Å². The lowest BCUT2D eigenvalue weighted by Crippen LogP contribution is -2.48. The van der Waals surface area contributed by atoms with Crippen LogP contribution in [0.15, 0.2) is 51.9 Å². The molecule has 3 atom stereocenters. The van der Waals surface area contributed by atoms with Gasteiger partial charge in [0.15, 0.2) is 5.76 Å². The molecule has 14 heteroatoms. The Morgan fingerprint density at radius 2 is 1.93 bits per heavy atom. The molecular formula is C29H36FN5O7S. The number of carbonyl (C=O) groups excluding carboxylic acids is 2. The summed E-state index contributed by atoms with van der Waals surface area (Å²) in [7, 11) is -2.43. The molecule has 3 N–H and O–H groups in total.